The summed E-state index contributed by atoms with van der Waals surface area (Å²) in [6.07, 6.45) is 1.000. The van der Waals surface area contributed by atoms with E-state index in [0.29, 0.717) is 0 Å². The highest BCUT2D eigenvalue weighted by Crippen LogP contribution is 2.37. The Hall–Kier alpha value is -2.71. The number of esters is 1. The van der Waals surface area contributed by atoms with Crippen LogP contribution in [-0.2, 0) is 15.7 Å². The van der Waals surface area contributed by atoms with Gasteiger partial charge in [-0.25, -0.2) is 4.79 Å². The molecular formula is C18H19F3N4O2. The topological polar surface area (TPSA) is 69.9 Å². The molecule has 0 saturated heterocycles. The fourth-order valence-electron chi connectivity index (χ4n) is 3.32. The maximum absolute atomic E-state index is 13.7. The molecule has 0 N–H and O–H groups in total. The van der Waals surface area contributed by atoms with E-state index in [9.17, 15) is 18.0 Å². The van der Waals surface area contributed by atoms with Gasteiger partial charge in [0.2, 0.25) is 0 Å². The number of allylic oxidation sites excluding steroid dienone is 1. The fraction of sp³-hybridized carbons (Fsp3) is 0.444. The molecule has 0 spiro atoms. The van der Waals surface area contributed by atoms with Gasteiger partial charge in [-0.1, -0.05) is 25.0 Å². The summed E-state index contributed by atoms with van der Waals surface area (Å²) in [6.45, 7) is 1.51. The summed E-state index contributed by atoms with van der Waals surface area (Å²) in [4.78, 5) is 12.2. The fourth-order valence-corrected chi connectivity index (χ4v) is 3.32. The summed E-state index contributed by atoms with van der Waals surface area (Å²) < 4.78 is 46.9. The lowest BCUT2D eigenvalue weighted by Crippen LogP contribution is -2.14. The van der Waals surface area contributed by atoms with Gasteiger partial charge in [0.05, 0.1) is 23.9 Å². The summed E-state index contributed by atoms with van der Waals surface area (Å²) in [5.74, 6) is -0.265. The monoisotopic (exact) mass is 380 g/mol. The van der Waals surface area contributed by atoms with E-state index in [4.69, 9.17) is 4.74 Å². The zero-order valence-corrected chi connectivity index (χ0v) is 15.0. The molecule has 1 aromatic heterocycles. The number of carbonyl (C=O) groups excluding carboxylic acids is 1. The molecule has 2 aromatic rings. The van der Waals surface area contributed by atoms with Crippen LogP contribution in [0.15, 0.2) is 24.3 Å². The van der Waals surface area contributed by atoms with Crippen LogP contribution in [0.1, 0.15) is 42.6 Å². The highest BCUT2D eigenvalue weighted by Gasteiger charge is 2.35. The molecule has 1 fully saturated rings. The zero-order valence-electron chi connectivity index (χ0n) is 15.0. The smallest absolute Gasteiger partial charge is 0.418 e. The lowest BCUT2D eigenvalue weighted by atomic mass is 9.96. The number of carbonyl (C=O) groups is 1. The van der Waals surface area contributed by atoms with Crippen LogP contribution >= 0.6 is 0 Å². The maximum atomic E-state index is 13.7. The molecule has 0 radical (unpaired) electrons. The summed E-state index contributed by atoms with van der Waals surface area (Å²) in [5, 5.41) is 10.7. The number of aromatic nitrogens is 4. The minimum atomic E-state index is -4.64. The van der Waals surface area contributed by atoms with Crippen molar-refractivity contribution < 1.29 is 22.7 Å². The van der Waals surface area contributed by atoms with Gasteiger partial charge in [-0.15, -0.1) is 5.10 Å². The summed E-state index contributed by atoms with van der Waals surface area (Å²) in [7, 11) is 1.22. The van der Waals surface area contributed by atoms with E-state index in [0.717, 1.165) is 36.4 Å². The van der Waals surface area contributed by atoms with E-state index < -0.39 is 17.7 Å². The lowest BCUT2D eigenvalue weighted by Gasteiger charge is -2.16. The standard InChI is InChI=1S/C18H19F3N4O2/c1-11-22-23-24-25(11)16-8-7-13(10-15(16)18(19,20)21)14(17(26)27-2)9-12-5-3-4-6-12/h7-10,12H,3-6H2,1-2H3. The van der Waals surface area contributed by atoms with Crippen LogP contribution in [0.5, 0.6) is 0 Å². The minimum absolute atomic E-state index is 0.148. The molecule has 6 nitrogen and oxygen atoms in total. The molecule has 1 aromatic carbocycles. The van der Waals surface area contributed by atoms with Gasteiger partial charge in [-0.2, -0.15) is 17.9 Å². The minimum Gasteiger partial charge on any atom is -0.465 e. The molecule has 1 aliphatic carbocycles. The Morgan fingerprint density at radius 1 is 1.30 bits per heavy atom. The molecule has 1 aliphatic rings. The van der Waals surface area contributed by atoms with E-state index >= 15 is 0 Å². The Labute approximate surface area is 154 Å². The number of tetrazole rings is 1. The van der Waals surface area contributed by atoms with Gasteiger partial charge in [0.15, 0.2) is 5.82 Å². The Kier molecular flexibility index (Phi) is 5.29. The number of hydrogen-bond donors (Lipinski definition) is 0. The number of ether oxygens (including phenoxy) is 1. The first-order valence-corrected chi connectivity index (χ1v) is 8.58. The second-order valence-corrected chi connectivity index (χ2v) is 6.48. The SMILES string of the molecule is COC(=O)C(=CC1CCCC1)c1ccc(-n2nnnc2C)c(C(F)(F)F)c1. The van der Waals surface area contributed by atoms with Gasteiger partial charge in [-0.05, 0) is 53.8 Å². The summed E-state index contributed by atoms with van der Waals surface area (Å²) in [6, 6.07) is 3.69. The Bertz CT molecular complexity index is 868. The molecule has 27 heavy (non-hydrogen) atoms. The number of halogens is 3. The van der Waals surface area contributed by atoms with Crippen LogP contribution in [0.25, 0.3) is 11.3 Å². The Morgan fingerprint density at radius 3 is 2.56 bits per heavy atom. The first-order valence-electron chi connectivity index (χ1n) is 8.58. The van der Waals surface area contributed by atoms with Crippen molar-refractivity contribution in [3.8, 4) is 5.69 Å². The van der Waals surface area contributed by atoms with Gasteiger partial charge < -0.3 is 4.74 Å². The van der Waals surface area contributed by atoms with Crippen molar-refractivity contribution in [3.63, 3.8) is 0 Å². The third-order valence-corrected chi connectivity index (χ3v) is 4.67. The zero-order chi connectivity index (χ0) is 19.6. The molecule has 144 valence electrons. The highest BCUT2D eigenvalue weighted by atomic mass is 19.4. The molecular weight excluding hydrogens is 361 g/mol. The molecule has 0 aliphatic heterocycles. The summed E-state index contributed by atoms with van der Waals surface area (Å²) in [5.41, 5.74) is -0.805. The molecule has 3 rings (SSSR count). The first kappa shape index (κ1) is 19.1. The Morgan fingerprint density at radius 2 is 2.00 bits per heavy atom. The van der Waals surface area contributed by atoms with Crippen LogP contribution < -0.4 is 0 Å². The van der Waals surface area contributed by atoms with E-state index in [2.05, 4.69) is 15.5 Å². The average molecular weight is 380 g/mol. The molecule has 0 atom stereocenters. The number of methoxy groups -OCH3 is 1. The number of aryl methyl sites for hydroxylation is 1. The number of hydrogen-bond acceptors (Lipinski definition) is 5. The lowest BCUT2D eigenvalue weighted by molar-refractivity contribution is -0.138. The number of alkyl halides is 3. The largest absolute Gasteiger partial charge is 0.465 e. The van der Waals surface area contributed by atoms with Crippen molar-refractivity contribution in [1.29, 1.82) is 0 Å². The van der Waals surface area contributed by atoms with E-state index in [1.165, 1.54) is 26.2 Å². The second-order valence-electron chi connectivity index (χ2n) is 6.48. The third-order valence-electron chi connectivity index (χ3n) is 4.67. The molecule has 0 amide bonds. The molecule has 0 unspecified atom stereocenters. The molecule has 0 bridgehead atoms. The second kappa shape index (κ2) is 7.50. The summed E-state index contributed by atoms with van der Waals surface area (Å²) >= 11 is 0. The van der Waals surface area contributed by atoms with Crippen molar-refractivity contribution in [1.82, 2.24) is 20.2 Å². The average Bonchev–Trinajstić information content (AvgIpc) is 3.29. The molecule has 1 saturated carbocycles. The van der Waals surface area contributed by atoms with Crippen LogP contribution in [0.3, 0.4) is 0 Å². The van der Waals surface area contributed by atoms with Gasteiger partial charge in [-0.3, -0.25) is 0 Å². The van der Waals surface area contributed by atoms with Crippen molar-refractivity contribution in [3.05, 3.63) is 41.2 Å². The molecule has 9 heteroatoms. The predicted molar refractivity (Wildman–Crippen MR) is 90.8 cm³/mol. The highest BCUT2D eigenvalue weighted by molar-refractivity contribution is 6.16. The number of rotatable bonds is 4. The van der Waals surface area contributed by atoms with Crippen molar-refractivity contribution in [2.75, 3.05) is 7.11 Å². The normalized spacial score (nSPS) is 16.0. The number of nitrogens with zero attached hydrogens (tertiary/aromatic N) is 4. The number of benzene rings is 1. The van der Waals surface area contributed by atoms with Gasteiger partial charge in [0.25, 0.3) is 0 Å². The van der Waals surface area contributed by atoms with Crippen LogP contribution in [0.4, 0.5) is 13.2 Å². The van der Waals surface area contributed by atoms with E-state index in [1.54, 1.807) is 6.08 Å². The predicted octanol–water partition coefficient (Wildman–Crippen LogP) is 3.74. The Balaban J connectivity index is 2.12. The van der Waals surface area contributed by atoms with Gasteiger partial charge in [0.1, 0.15) is 0 Å². The van der Waals surface area contributed by atoms with Crippen LogP contribution in [0, 0.1) is 12.8 Å². The van der Waals surface area contributed by atoms with Crippen LogP contribution in [0.2, 0.25) is 0 Å². The van der Waals surface area contributed by atoms with E-state index in [-0.39, 0.29) is 28.6 Å². The maximum Gasteiger partial charge on any atom is 0.418 e. The van der Waals surface area contributed by atoms with Gasteiger partial charge in [0, 0.05) is 0 Å². The van der Waals surface area contributed by atoms with Crippen molar-refractivity contribution in [2.45, 2.75) is 38.8 Å². The van der Waals surface area contributed by atoms with Gasteiger partial charge >= 0.3 is 12.1 Å². The van der Waals surface area contributed by atoms with Crippen LogP contribution in [-0.4, -0.2) is 33.3 Å². The van der Waals surface area contributed by atoms with E-state index in [1.807, 2.05) is 0 Å². The third kappa shape index (κ3) is 4.01. The van der Waals surface area contributed by atoms with Crippen molar-refractivity contribution >= 4 is 11.5 Å². The van der Waals surface area contributed by atoms with Crippen molar-refractivity contribution in [2.24, 2.45) is 5.92 Å². The first-order chi connectivity index (χ1) is 12.8. The quantitative estimate of drug-likeness (QED) is 0.597. The molecule has 1 heterocycles.